The molecule has 0 fully saturated rings. The van der Waals surface area contributed by atoms with Crippen molar-refractivity contribution in [1.82, 2.24) is 5.32 Å². The summed E-state index contributed by atoms with van der Waals surface area (Å²) < 4.78 is 19.3. The molecule has 17 heavy (non-hydrogen) atoms. The summed E-state index contributed by atoms with van der Waals surface area (Å²) in [6, 6.07) is 5.04. The van der Waals surface area contributed by atoms with Gasteiger partial charge >= 0.3 is 0 Å². The highest BCUT2D eigenvalue weighted by Gasteiger charge is 2.10. The van der Waals surface area contributed by atoms with Crippen molar-refractivity contribution in [2.75, 3.05) is 20.3 Å². The Labute approximate surface area is 111 Å². The monoisotopic (exact) mass is 303 g/mol. The van der Waals surface area contributed by atoms with Gasteiger partial charge in [-0.2, -0.15) is 0 Å². The lowest BCUT2D eigenvalue weighted by molar-refractivity contribution is 0.114. The van der Waals surface area contributed by atoms with Gasteiger partial charge in [-0.15, -0.1) is 0 Å². The molecule has 1 aromatic rings. The van der Waals surface area contributed by atoms with Gasteiger partial charge in [0.15, 0.2) is 0 Å². The minimum atomic E-state index is -0.219. The molecule has 2 nitrogen and oxygen atoms in total. The fraction of sp³-hybridized carbons (Fsp3) is 0.538. The lowest BCUT2D eigenvalue weighted by Gasteiger charge is -2.17. The highest BCUT2D eigenvalue weighted by Crippen LogP contribution is 2.19. The maximum Gasteiger partial charge on any atom is 0.124 e. The molecule has 0 aliphatic heterocycles. The van der Waals surface area contributed by atoms with Crippen LogP contribution in [-0.4, -0.2) is 26.3 Å². The fourth-order valence-electron chi connectivity index (χ4n) is 1.57. The van der Waals surface area contributed by atoms with E-state index in [1.165, 1.54) is 12.1 Å². The molecule has 0 spiro atoms. The van der Waals surface area contributed by atoms with Crippen LogP contribution in [0.15, 0.2) is 22.7 Å². The van der Waals surface area contributed by atoms with Gasteiger partial charge < -0.3 is 10.1 Å². The molecule has 1 atom stereocenters. The number of hydrogen-bond donors (Lipinski definition) is 1. The first-order valence-electron chi connectivity index (χ1n) is 5.86. The Morgan fingerprint density at radius 3 is 2.82 bits per heavy atom. The maximum atomic E-state index is 12.9. The molecule has 1 aromatic carbocycles. The third-order valence-electron chi connectivity index (χ3n) is 2.56. The molecule has 0 heterocycles. The number of hydrogen-bond acceptors (Lipinski definition) is 2. The Hall–Kier alpha value is -0.450. The highest BCUT2D eigenvalue weighted by molar-refractivity contribution is 9.10. The average molecular weight is 304 g/mol. The SMILES string of the molecule is CCCOCC(Cc1ccc(F)cc1Br)NC. The minimum Gasteiger partial charge on any atom is -0.380 e. The van der Waals surface area contributed by atoms with Gasteiger partial charge in [0.25, 0.3) is 0 Å². The molecular weight excluding hydrogens is 285 g/mol. The van der Waals surface area contributed by atoms with Gasteiger partial charge in [-0.3, -0.25) is 0 Å². The smallest absolute Gasteiger partial charge is 0.124 e. The van der Waals surface area contributed by atoms with Gasteiger partial charge in [0.2, 0.25) is 0 Å². The van der Waals surface area contributed by atoms with Crippen LogP contribution in [0.2, 0.25) is 0 Å². The highest BCUT2D eigenvalue weighted by atomic mass is 79.9. The van der Waals surface area contributed by atoms with E-state index < -0.39 is 0 Å². The van der Waals surface area contributed by atoms with Crippen LogP contribution in [0, 0.1) is 5.82 Å². The second-order valence-electron chi connectivity index (χ2n) is 4.00. The number of benzene rings is 1. The van der Waals surface area contributed by atoms with Crippen LogP contribution in [0.25, 0.3) is 0 Å². The van der Waals surface area contributed by atoms with Crippen molar-refractivity contribution in [3.05, 3.63) is 34.1 Å². The summed E-state index contributed by atoms with van der Waals surface area (Å²) in [5.41, 5.74) is 1.09. The topological polar surface area (TPSA) is 21.3 Å². The molecule has 0 radical (unpaired) electrons. The second-order valence-corrected chi connectivity index (χ2v) is 4.85. The predicted molar refractivity (Wildman–Crippen MR) is 71.8 cm³/mol. The molecule has 0 amide bonds. The van der Waals surface area contributed by atoms with E-state index >= 15 is 0 Å². The van der Waals surface area contributed by atoms with Crippen molar-refractivity contribution in [2.24, 2.45) is 0 Å². The quantitative estimate of drug-likeness (QED) is 0.781. The molecule has 1 unspecified atom stereocenters. The molecule has 0 bridgehead atoms. The molecule has 0 aliphatic rings. The molecule has 4 heteroatoms. The van der Waals surface area contributed by atoms with Crippen LogP contribution >= 0.6 is 15.9 Å². The number of ether oxygens (including phenoxy) is 1. The summed E-state index contributed by atoms with van der Waals surface area (Å²) >= 11 is 3.38. The summed E-state index contributed by atoms with van der Waals surface area (Å²) in [5.74, 6) is -0.219. The van der Waals surface area contributed by atoms with Crippen LogP contribution < -0.4 is 5.32 Å². The second kappa shape index (κ2) is 7.80. The number of halogens is 2. The first kappa shape index (κ1) is 14.6. The molecular formula is C13H19BrFNO. The van der Waals surface area contributed by atoms with Crippen LogP contribution in [0.5, 0.6) is 0 Å². The standard InChI is InChI=1S/C13H19BrFNO/c1-3-6-17-9-12(16-2)7-10-4-5-11(15)8-13(10)14/h4-5,8,12,16H,3,6-7,9H2,1-2H3. The Bertz CT molecular complexity index is 346. The Balaban J connectivity index is 2.54. The maximum absolute atomic E-state index is 12.9. The molecule has 1 N–H and O–H groups in total. The first-order chi connectivity index (χ1) is 8.17. The number of rotatable bonds is 7. The van der Waals surface area contributed by atoms with Crippen molar-refractivity contribution < 1.29 is 9.13 Å². The van der Waals surface area contributed by atoms with Crippen molar-refractivity contribution >= 4 is 15.9 Å². The summed E-state index contributed by atoms with van der Waals surface area (Å²) in [5, 5.41) is 3.21. The molecule has 0 saturated carbocycles. The fourth-order valence-corrected chi connectivity index (χ4v) is 2.08. The average Bonchev–Trinajstić information content (AvgIpc) is 2.31. The zero-order chi connectivity index (χ0) is 12.7. The van der Waals surface area contributed by atoms with E-state index in [0.29, 0.717) is 6.61 Å². The lowest BCUT2D eigenvalue weighted by Crippen LogP contribution is -2.32. The third kappa shape index (κ3) is 5.15. The van der Waals surface area contributed by atoms with Crippen molar-refractivity contribution in [2.45, 2.75) is 25.8 Å². The molecule has 0 aromatic heterocycles. The summed E-state index contributed by atoms with van der Waals surface area (Å²) in [7, 11) is 1.91. The molecule has 0 saturated heterocycles. The molecule has 0 aliphatic carbocycles. The minimum absolute atomic E-state index is 0.219. The van der Waals surface area contributed by atoms with Gasteiger partial charge in [0.05, 0.1) is 6.61 Å². The zero-order valence-corrected chi connectivity index (χ0v) is 11.9. The van der Waals surface area contributed by atoms with E-state index in [1.54, 1.807) is 0 Å². The van der Waals surface area contributed by atoms with Gasteiger partial charge in [-0.05, 0) is 37.6 Å². The largest absolute Gasteiger partial charge is 0.380 e. The van der Waals surface area contributed by atoms with E-state index in [2.05, 4.69) is 28.2 Å². The van der Waals surface area contributed by atoms with E-state index in [-0.39, 0.29) is 11.9 Å². The van der Waals surface area contributed by atoms with Gasteiger partial charge in [-0.25, -0.2) is 4.39 Å². The molecule has 1 rings (SSSR count). The van der Waals surface area contributed by atoms with Crippen LogP contribution in [0.3, 0.4) is 0 Å². The van der Waals surface area contributed by atoms with Gasteiger partial charge in [0.1, 0.15) is 5.82 Å². The molecule has 96 valence electrons. The number of nitrogens with one attached hydrogen (secondary N) is 1. The Morgan fingerprint density at radius 2 is 2.24 bits per heavy atom. The van der Waals surface area contributed by atoms with E-state index in [1.807, 2.05) is 13.1 Å². The predicted octanol–water partition coefficient (Wildman–Crippen LogP) is 3.15. The summed E-state index contributed by atoms with van der Waals surface area (Å²) in [6.07, 6.45) is 1.84. The van der Waals surface area contributed by atoms with Crippen molar-refractivity contribution in [3.63, 3.8) is 0 Å². The Kier molecular flexibility index (Phi) is 6.70. The van der Waals surface area contributed by atoms with Crippen LogP contribution in [0.4, 0.5) is 4.39 Å². The third-order valence-corrected chi connectivity index (χ3v) is 3.30. The first-order valence-corrected chi connectivity index (χ1v) is 6.65. The van der Waals surface area contributed by atoms with Crippen molar-refractivity contribution in [1.29, 1.82) is 0 Å². The Morgan fingerprint density at radius 1 is 1.47 bits per heavy atom. The number of likely N-dealkylation sites (N-methyl/N-ethyl adjacent to an activating group) is 1. The zero-order valence-electron chi connectivity index (χ0n) is 10.3. The normalized spacial score (nSPS) is 12.7. The summed E-state index contributed by atoms with van der Waals surface area (Å²) in [6.45, 7) is 3.54. The van der Waals surface area contributed by atoms with Gasteiger partial charge in [-0.1, -0.05) is 28.9 Å². The van der Waals surface area contributed by atoms with Gasteiger partial charge in [0, 0.05) is 17.1 Å². The summed E-state index contributed by atoms with van der Waals surface area (Å²) in [4.78, 5) is 0. The van der Waals surface area contributed by atoms with Crippen LogP contribution in [-0.2, 0) is 11.2 Å². The van der Waals surface area contributed by atoms with E-state index in [9.17, 15) is 4.39 Å². The van der Waals surface area contributed by atoms with E-state index in [4.69, 9.17) is 4.74 Å². The van der Waals surface area contributed by atoms with Crippen LogP contribution in [0.1, 0.15) is 18.9 Å². The van der Waals surface area contributed by atoms with E-state index in [0.717, 1.165) is 29.5 Å². The lowest BCUT2D eigenvalue weighted by atomic mass is 10.1. The van der Waals surface area contributed by atoms with Crippen molar-refractivity contribution in [3.8, 4) is 0 Å².